The van der Waals surface area contributed by atoms with Crippen LogP contribution in [0.4, 0.5) is 5.13 Å². The molecule has 0 radical (unpaired) electrons. The molecule has 0 aliphatic carbocycles. The molecule has 34 heavy (non-hydrogen) atoms. The van der Waals surface area contributed by atoms with Crippen molar-refractivity contribution in [2.45, 2.75) is 32.7 Å². The average molecular weight is 476 g/mol. The number of hydrogen-bond donors (Lipinski definition) is 1. The number of aryl methyl sites for hydroxylation is 1. The standard InChI is InChI=1S/C26H29N5O2S/c1-3-18-6-8-19(9-7-18)15-27-24(32)21-5-4-14-30(16-21)26-29-31-17-23(28-25(31)34-26)20-10-12-22(33-2)13-11-20/h6-13,17,21H,3-5,14-16H2,1-2H3,(H,27,32). The van der Waals surface area contributed by atoms with Gasteiger partial charge in [0.05, 0.1) is 24.9 Å². The molecule has 0 spiro atoms. The molecule has 3 heterocycles. The fourth-order valence-corrected chi connectivity index (χ4v) is 5.23. The molecule has 0 saturated carbocycles. The van der Waals surface area contributed by atoms with E-state index in [9.17, 15) is 4.79 Å². The Bertz CT molecular complexity index is 1230. The normalized spacial score (nSPS) is 16.1. The van der Waals surface area contributed by atoms with Crippen LogP contribution in [0.3, 0.4) is 0 Å². The molecule has 1 saturated heterocycles. The molecule has 2 aromatic heterocycles. The molecule has 1 aliphatic rings. The van der Waals surface area contributed by atoms with Crippen molar-refractivity contribution >= 4 is 27.3 Å². The molecule has 4 aromatic rings. The quantitative estimate of drug-likeness (QED) is 0.424. The number of methoxy groups -OCH3 is 1. The summed E-state index contributed by atoms with van der Waals surface area (Å²) in [4.78, 5) is 20.7. The summed E-state index contributed by atoms with van der Waals surface area (Å²) in [6.45, 7) is 4.30. The van der Waals surface area contributed by atoms with Crippen LogP contribution in [-0.2, 0) is 17.8 Å². The van der Waals surface area contributed by atoms with Crippen LogP contribution in [-0.4, -0.2) is 40.7 Å². The Balaban J connectivity index is 1.22. The highest BCUT2D eigenvalue weighted by Gasteiger charge is 2.27. The lowest BCUT2D eigenvalue weighted by Crippen LogP contribution is -2.43. The average Bonchev–Trinajstić information content (AvgIpc) is 3.47. The van der Waals surface area contributed by atoms with Crippen LogP contribution in [0.2, 0.25) is 0 Å². The molecular formula is C26H29N5O2S. The number of rotatable bonds is 7. The van der Waals surface area contributed by atoms with Crippen molar-refractivity contribution in [3.05, 3.63) is 65.9 Å². The van der Waals surface area contributed by atoms with E-state index in [0.29, 0.717) is 13.1 Å². The van der Waals surface area contributed by atoms with Crippen LogP contribution in [0.25, 0.3) is 16.2 Å². The Morgan fingerprint density at radius 3 is 2.62 bits per heavy atom. The Morgan fingerprint density at radius 2 is 1.91 bits per heavy atom. The minimum atomic E-state index is -0.0326. The maximum absolute atomic E-state index is 12.9. The number of nitrogens with one attached hydrogen (secondary N) is 1. The van der Waals surface area contributed by atoms with Crippen molar-refractivity contribution in [1.82, 2.24) is 19.9 Å². The van der Waals surface area contributed by atoms with Gasteiger partial charge in [-0.3, -0.25) is 4.79 Å². The first-order valence-corrected chi connectivity index (χ1v) is 12.6. The number of imidazole rings is 1. The largest absolute Gasteiger partial charge is 0.497 e. The van der Waals surface area contributed by atoms with Gasteiger partial charge in [-0.05, 0) is 54.7 Å². The van der Waals surface area contributed by atoms with Crippen molar-refractivity contribution < 1.29 is 9.53 Å². The molecule has 1 amide bonds. The van der Waals surface area contributed by atoms with Gasteiger partial charge in [0.25, 0.3) is 0 Å². The molecule has 1 aliphatic heterocycles. The molecular weight excluding hydrogens is 446 g/mol. The zero-order valence-electron chi connectivity index (χ0n) is 19.5. The second-order valence-corrected chi connectivity index (χ2v) is 9.57. The van der Waals surface area contributed by atoms with E-state index in [4.69, 9.17) is 14.8 Å². The molecule has 2 aromatic carbocycles. The fourth-order valence-electron chi connectivity index (χ4n) is 4.31. The van der Waals surface area contributed by atoms with Gasteiger partial charge < -0.3 is 15.0 Å². The van der Waals surface area contributed by atoms with Crippen LogP contribution in [0, 0.1) is 5.92 Å². The lowest BCUT2D eigenvalue weighted by molar-refractivity contribution is -0.125. The highest BCUT2D eigenvalue weighted by atomic mass is 32.1. The Labute approximate surface area is 203 Å². The summed E-state index contributed by atoms with van der Waals surface area (Å²) in [5.74, 6) is 0.908. The van der Waals surface area contributed by atoms with Gasteiger partial charge in [0, 0.05) is 25.2 Å². The van der Waals surface area contributed by atoms with Crippen molar-refractivity contribution in [3.63, 3.8) is 0 Å². The number of amides is 1. The molecule has 7 nitrogen and oxygen atoms in total. The molecule has 1 fully saturated rings. The van der Waals surface area contributed by atoms with E-state index >= 15 is 0 Å². The van der Waals surface area contributed by atoms with Gasteiger partial charge in [-0.2, -0.15) is 0 Å². The summed E-state index contributed by atoms with van der Waals surface area (Å²) >= 11 is 1.56. The summed E-state index contributed by atoms with van der Waals surface area (Å²) in [6.07, 6.45) is 4.85. The van der Waals surface area contributed by atoms with E-state index in [0.717, 1.165) is 58.5 Å². The molecule has 176 valence electrons. The number of fused-ring (bicyclic) bond motifs is 1. The van der Waals surface area contributed by atoms with E-state index < -0.39 is 0 Å². The van der Waals surface area contributed by atoms with Crippen molar-refractivity contribution in [3.8, 4) is 17.0 Å². The number of anilines is 1. The molecule has 1 unspecified atom stereocenters. The third kappa shape index (κ3) is 4.77. The Kier molecular flexibility index (Phi) is 6.49. The SMILES string of the molecule is CCc1ccc(CNC(=O)C2CCCN(c3nn4cc(-c5ccc(OC)cc5)nc4s3)C2)cc1. The second kappa shape index (κ2) is 9.85. The van der Waals surface area contributed by atoms with E-state index in [1.807, 2.05) is 35.0 Å². The molecule has 0 bridgehead atoms. The molecule has 1 atom stereocenters. The second-order valence-electron chi connectivity index (χ2n) is 8.64. The zero-order chi connectivity index (χ0) is 23.5. The van der Waals surface area contributed by atoms with Gasteiger partial charge in [0.1, 0.15) is 5.75 Å². The predicted molar refractivity (Wildman–Crippen MR) is 135 cm³/mol. The lowest BCUT2D eigenvalue weighted by Gasteiger charge is -2.31. The summed E-state index contributed by atoms with van der Waals surface area (Å²) in [5.41, 5.74) is 4.35. The number of hydrogen-bond acceptors (Lipinski definition) is 6. The minimum absolute atomic E-state index is 0.0326. The summed E-state index contributed by atoms with van der Waals surface area (Å²) in [5, 5.41) is 8.80. The van der Waals surface area contributed by atoms with Crippen molar-refractivity contribution in [2.75, 3.05) is 25.1 Å². The van der Waals surface area contributed by atoms with Crippen molar-refractivity contribution in [1.29, 1.82) is 0 Å². The smallest absolute Gasteiger partial charge is 0.225 e. The maximum atomic E-state index is 12.9. The monoisotopic (exact) mass is 475 g/mol. The van der Waals surface area contributed by atoms with Crippen LogP contribution in [0.1, 0.15) is 30.9 Å². The lowest BCUT2D eigenvalue weighted by atomic mass is 9.97. The first-order chi connectivity index (χ1) is 16.6. The van der Waals surface area contributed by atoms with Gasteiger partial charge >= 0.3 is 0 Å². The van der Waals surface area contributed by atoms with Gasteiger partial charge in [0.2, 0.25) is 16.0 Å². The van der Waals surface area contributed by atoms with E-state index in [2.05, 4.69) is 41.4 Å². The van der Waals surface area contributed by atoms with E-state index in [-0.39, 0.29) is 11.8 Å². The van der Waals surface area contributed by atoms with Gasteiger partial charge in [0.15, 0.2) is 0 Å². The van der Waals surface area contributed by atoms with Gasteiger partial charge in [-0.25, -0.2) is 9.50 Å². The third-order valence-corrected chi connectivity index (χ3v) is 7.36. The maximum Gasteiger partial charge on any atom is 0.225 e. The number of carbonyl (C=O) groups is 1. The Hall–Kier alpha value is -3.39. The van der Waals surface area contributed by atoms with Gasteiger partial charge in [-0.15, -0.1) is 5.10 Å². The van der Waals surface area contributed by atoms with Crippen LogP contribution >= 0.6 is 11.3 Å². The highest BCUT2D eigenvalue weighted by molar-refractivity contribution is 7.20. The molecule has 8 heteroatoms. The molecule has 5 rings (SSSR count). The predicted octanol–water partition coefficient (Wildman–Crippen LogP) is 4.56. The third-order valence-electron chi connectivity index (χ3n) is 6.38. The summed E-state index contributed by atoms with van der Waals surface area (Å²) in [6, 6.07) is 16.3. The number of piperidine rings is 1. The number of ether oxygens (including phenoxy) is 1. The Morgan fingerprint density at radius 1 is 1.15 bits per heavy atom. The van der Waals surface area contributed by atoms with Crippen LogP contribution in [0.5, 0.6) is 5.75 Å². The minimum Gasteiger partial charge on any atom is -0.497 e. The number of benzene rings is 2. The van der Waals surface area contributed by atoms with Crippen molar-refractivity contribution in [2.24, 2.45) is 5.92 Å². The van der Waals surface area contributed by atoms with E-state index in [1.54, 1.807) is 18.4 Å². The topological polar surface area (TPSA) is 71.8 Å². The summed E-state index contributed by atoms with van der Waals surface area (Å²) in [7, 11) is 1.66. The summed E-state index contributed by atoms with van der Waals surface area (Å²) < 4.78 is 7.07. The first-order valence-electron chi connectivity index (χ1n) is 11.7. The number of aromatic nitrogens is 3. The number of carbonyl (C=O) groups excluding carboxylic acids is 1. The van der Waals surface area contributed by atoms with Crippen LogP contribution in [0.15, 0.2) is 54.7 Å². The highest BCUT2D eigenvalue weighted by Crippen LogP contribution is 2.30. The number of nitrogens with zero attached hydrogens (tertiary/aromatic N) is 4. The van der Waals surface area contributed by atoms with E-state index in [1.165, 1.54) is 5.56 Å². The first kappa shape index (κ1) is 22.4. The van der Waals surface area contributed by atoms with Crippen LogP contribution < -0.4 is 15.0 Å². The molecule has 1 N–H and O–H groups in total. The van der Waals surface area contributed by atoms with Gasteiger partial charge in [-0.1, -0.05) is 42.5 Å². The fraction of sp³-hybridized carbons (Fsp3) is 0.346. The zero-order valence-corrected chi connectivity index (χ0v) is 20.3.